The highest BCUT2D eigenvalue weighted by Gasteiger charge is 2.31. The number of aromatic nitrogens is 1. The van der Waals surface area contributed by atoms with Crippen molar-refractivity contribution in [3.8, 4) is 5.75 Å². The summed E-state index contributed by atoms with van der Waals surface area (Å²) in [4.78, 5) is 32.2. The molecule has 6 heteroatoms. The molecule has 0 bridgehead atoms. The molecule has 34 heavy (non-hydrogen) atoms. The van der Waals surface area contributed by atoms with Crippen LogP contribution in [0.15, 0.2) is 48.5 Å². The van der Waals surface area contributed by atoms with Crippen LogP contribution in [0, 0.1) is 5.92 Å². The van der Waals surface area contributed by atoms with E-state index in [1.807, 2.05) is 62.4 Å². The lowest BCUT2D eigenvalue weighted by Gasteiger charge is -2.30. The number of allylic oxidation sites excluding steroid dienone is 1. The molecule has 6 nitrogen and oxygen atoms in total. The first kappa shape index (κ1) is 23.5. The van der Waals surface area contributed by atoms with Gasteiger partial charge in [0.2, 0.25) is 5.91 Å². The number of rotatable bonds is 6. The second-order valence-electron chi connectivity index (χ2n) is 9.28. The van der Waals surface area contributed by atoms with Gasteiger partial charge in [0.1, 0.15) is 5.75 Å². The molecule has 2 aromatic carbocycles. The van der Waals surface area contributed by atoms with E-state index in [1.54, 1.807) is 12.0 Å². The largest absolute Gasteiger partial charge is 0.497 e. The van der Waals surface area contributed by atoms with Gasteiger partial charge in [0.15, 0.2) is 0 Å². The van der Waals surface area contributed by atoms with Crippen LogP contribution < -0.4 is 10.5 Å². The molecule has 0 spiro atoms. The van der Waals surface area contributed by atoms with Crippen LogP contribution in [0.1, 0.15) is 54.4 Å². The van der Waals surface area contributed by atoms with Crippen molar-refractivity contribution in [3.63, 3.8) is 0 Å². The van der Waals surface area contributed by atoms with Gasteiger partial charge in [0.25, 0.3) is 5.91 Å². The Kier molecular flexibility index (Phi) is 6.68. The van der Waals surface area contributed by atoms with Gasteiger partial charge in [-0.05, 0) is 73.6 Å². The fraction of sp³-hybridized carbons (Fsp3) is 0.321. The molecule has 1 aromatic heterocycles. The van der Waals surface area contributed by atoms with Gasteiger partial charge in [-0.2, -0.15) is 0 Å². The van der Waals surface area contributed by atoms with Crippen LogP contribution in [0.5, 0.6) is 5.75 Å². The van der Waals surface area contributed by atoms with Crippen molar-refractivity contribution in [1.29, 1.82) is 0 Å². The fourth-order valence-corrected chi connectivity index (χ4v) is 4.68. The number of primary amides is 1. The molecule has 1 aliphatic carbocycles. The maximum absolute atomic E-state index is 13.9. The zero-order chi connectivity index (χ0) is 24.4. The predicted molar refractivity (Wildman–Crippen MR) is 135 cm³/mol. The van der Waals surface area contributed by atoms with Crippen molar-refractivity contribution in [2.24, 2.45) is 11.7 Å². The quantitative estimate of drug-likeness (QED) is 0.581. The molecule has 1 unspecified atom stereocenters. The summed E-state index contributed by atoms with van der Waals surface area (Å²) < 4.78 is 5.28. The standard InChI is InChI=1S/C28H31N3O3/c1-17(2)31(16-25(29)32)28(33)26-22-7-5-6-8-24(22)30-27-20(13-18(3)14-23(26)27)15-19-9-11-21(34-4)12-10-19/h5-12,15,17-18H,13-14,16H2,1-4H3,(H2,29,32)/b20-15-. The third-order valence-electron chi connectivity index (χ3n) is 6.30. The number of hydrogen-bond acceptors (Lipinski definition) is 4. The van der Waals surface area contributed by atoms with Crippen LogP contribution in [-0.4, -0.2) is 41.4 Å². The summed E-state index contributed by atoms with van der Waals surface area (Å²) in [6, 6.07) is 15.5. The number of benzene rings is 2. The fourth-order valence-electron chi connectivity index (χ4n) is 4.68. The number of carbonyl (C=O) groups is 2. The second-order valence-corrected chi connectivity index (χ2v) is 9.28. The maximum Gasteiger partial charge on any atom is 0.255 e. The number of nitrogens with two attached hydrogens (primary N) is 1. The third-order valence-corrected chi connectivity index (χ3v) is 6.30. The van der Waals surface area contributed by atoms with E-state index in [0.29, 0.717) is 11.5 Å². The highest BCUT2D eigenvalue weighted by atomic mass is 16.5. The molecular weight excluding hydrogens is 426 g/mol. The minimum absolute atomic E-state index is 0.119. The maximum atomic E-state index is 13.9. The van der Waals surface area contributed by atoms with E-state index in [0.717, 1.165) is 51.9 Å². The summed E-state index contributed by atoms with van der Waals surface area (Å²) in [7, 11) is 1.65. The molecule has 1 atom stereocenters. The topological polar surface area (TPSA) is 85.5 Å². The van der Waals surface area contributed by atoms with Gasteiger partial charge < -0.3 is 15.4 Å². The monoisotopic (exact) mass is 457 g/mol. The van der Waals surface area contributed by atoms with Crippen LogP contribution in [-0.2, 0) is 11.2 Å². The van der Waals surface area contributed by atoms with Crippen molar-refractivity contribution in [2.45, 2.75) is 39.7 Å². The van der Waals surface area contributed by atoms with Crippen molar-refractivity contribution >= 4 is 34.4 Å². The normalized spacial score (nSPS) is 16.5. The molecule has 0 saturated carbocycles. The zero-order valence-electron chi connectivity index (χ0n) is 20.2. The summed E-state index contributed by atoms with van der Waals surface area (Å²) >= 11 is 0. The summed E-state index contributed by atoms with van der Waals surface area (Å²) in [5, 5.41) is 0.805. The van der Waals surface area contributed by atoms with Crippen molar-refractivity contribution in [1.82, 2.24) is 9.88 Å². The number of carbonyl (C=O) groups excluding carboxylic acids is 2. The van der Waals surface area contributed by atoms with Gasteiger partial charge in [-0.1, -0.05) is 37.3 Å². The lowest BCUT2D eigenvalue weighted by molar-refractivity contribution is -0.119. The van der Waals surface area contributed by atoms with Gasteiger partial charge in [-0.25, -0.2) is 4.98 Å². The van der Waals surface area contributed by atoms with Crippen LogP contribution in [0.25, 0.3) is 22.6 Å². The summed E-state index contributed by atoms with van der Waals surface area (Å²) in [6.45, 7) is 5.87. The van der Waals surface area contributed by atoms with E-state index in [-0.39, 0.29) is 18.5 Å². The number of nitrogens with zero attached hydrogens (tertiary/aromatic N) is 2. The number of para-hydroxylation sites is 1. The molecule has 4 rings (SSSR count). The van der Waals surface area contributed by atoms with E-state index in [4.69, 9.17) is 15.5 Å². The summed E-state index contributed by atoms with van der Waals surface area (Å²) in [5.41, 5.74) is 10.8. The number of hydrogen-bond donors (Lipinski definition) is 1. The highest BCUT2D eigenvalue weighted by molar-refractivity contribution is 6.09. The Morgan fingerprint density at radius 1 is 1.15 bits per heavy atom. The Morgan fingerprint density at radius 3 is 2.50 bits per heavy atom. The molecule has 2 amide bonds. The molecule has 0 radical (unpaired) electrons. The molecule has 0 saturated heterocycles. The number of ether oxygens (including phenoxy) is 1. The van der Waals surface area contributed by atoms with Crippen molar-refractivity contribution in [3.05, 3.63) is 70.9 Å². The SMILES string of the molecule is COc1ccc(/C=C2/CC(C)Cc3c2nc2ccccc2c3C(=O)N(CC(N)=O)C(C)C)cc1. The third kappa shape index (κ3) is 4.67. The molecule has 3 aromatic rings. The Labute approximate surface area is 200 Å². The zero-order valence-corrected chi connectivity index (χ0v) is 20.2. The average molecular weight is 458 g/mol. The van der Waals surface area contributed by atoms with Gasteiger partial charge in [-0.3, -0.25) is 9.59 Å². The number of methoxy groups -OCH3 is 1. The van der Waals surface area contributed by atoms with Crippen molar-refractivity contribution < 1.29 is 14.3 Å². The van der Waals surface area contributed by atoms with Crippen LogP contribution in [0.2, 0.25) is 0 Å². The number of pyridine rings is 1. The molecule has 0 fully saturated rings. The van der Waals surface area contributed by atoms with Gasteiger partial charge in [-0.15, -0.1) is 0 Å². The summed E-state index contributed by atoms with van der Waals surface area (Å²) in [5.74, 6) is 0.444. The number of amides is 2. The molecule has 2 N–H and O–H groups in total. The molecular formula is C28H31N3O3. The Balaban J connectivity index is 1.92. The van der Waals surface area contributed by atoms with E-state index in [2.05, 4.69) is 13.0 Å². The Morgan fingerprint density at radius 2 is 1.85 bits per heavy atom. The number of fused-ring (bicyclic) bond motifs is 2. The average Bonchev–Trinajstić information content (AvgIpc) is 2.81. The van der Waals surface area contributed by atoms with E-state index >= 15 is 0 Å². The molecule has 176 valence electrons. The van der Waals surface area contributed by atoms with E-state index in [9.17, 15) is 9.59 Å². The van der Waals surface area contributed by atoms with Gasteiger partial charge >= 0.3 is 0 Å². The second kappa shape index (κ2) is 9.67. The van der Waals surface area contributed by atoms with E-state index in [1.165, 1.54) is 0 Å². The van der Waals surface area contributed by atoms with Crippen molar-refractivity contribution in [2.75, 3.05) is 13.7 Å². The van der Waals surface area contributed by atoms with Crippen LogP contribution in [0.3, 0.4) is 0 Å². The minimum atomic E-state index is -0.525. The molecule has 1 heterocycles. The first-order valence-corrected chi connectivity index (χ1v) is 11.6. The lowest BCUT2D eigenvalue weighted by atomic mass is 9.80. The highest BCUT2D eigenvalue weighted by Crippen LogP contribution is 2.39. The lowest BCUT2D eigenvalue weighted by Crippen LogP contribution is -2.43. The van der Waals surface area contributed by atoms with Gasteiger partial charge in [0, 0.05) is 11.4 Å². The van der Waals surface area contributed by atoms with Crippen LogP contribution >= 0.6 is 0 Å². The van der Waals surface area contributed by atoms with E-state index < -0.39 is 5.91 Å². The molecule has 1 aliphatic rings. The first-order valence-electron chi connectivity index (χ1n) is 11.6. The Bertz CT molecular complexity index is 1260. The predicted octanol–water partition coefficient (Wildman–Crippen LogP) is 4.70. The summed E-state index contributed by atoms with van der Waals surface area (Å²) in [6.07, 6.45) is 3.76. The van der Waals surface area contributed by atoms with Gasteiger partial charge in [0.05, 0.1) is 30.4 Å². The Hall–Kier alpha value is -3.67. The molecule has 0 aliphatic heterocycles. The van der Waals surface area contributed by atoms with Crippen LogP contribution in [0.4, 0.5) is 0 Å². The smallest absolute Gasteiger partial charge is 0.255 e. The first-order chi connectivity index (χ1) is 16.3. The minimum Gasteiger partial charge on any atom is -0.497 e.